The second kappa shape index (κ2) is 8.68. The molecular formula is C17H24N6O2. The molecular weight excluding hydrogens is 320 g/mol. The molecule has 0 aromatic carbocycles. The van der Waals surface area contributed by atoms with Crippen LogP contribution in [0.15, 0.2) is 30.7 Å². The summed E-state index contributed by atoms with van der Waals surface area (Å²) in [5.74, 6) is -0.207. The normalized spacial score (nSPS) is 16.5. The third-order valence-corrected chi connectivity index (χ3v) is 4.34. The number of morpholine rings is 1. The number of amides is 1. The minimum atomic E-state index is -0.207. The summed E-state index contributed by atoms with van der Waals surface area (Å²) < 4.78 is 7.06. The number of nitrogens with one attached hydrogen (secondary N) is 1. The number of pyridine rings is 1. The Hall–Kier alpha value is -2.32. The SMILES string of the molecule is CC[C@@H](NC(=O)c1cn(CCN2CCOCC2)nn1)c1ccncc1. The molecule has 8 heteroatoms. The van der Waals surface area contributed by atoms with Gasteiger partial charge in [-0.2, -0.15) is 0 Å². The average molecular weight is 344 g/mol. The van der Waals surface area contributed by atoms with Crippen LogP contribution >= 0.6 is 0 Å². The molecule has 0 spiro atoms. The zero-order valence-electron chi connectivity index (χ0n) is 14.5. The molecule has 1 N–H and O–H groups in total. The summed E-state index contributed by atoms with van der Waals surface area (Å²) in [4.78, 5) is 18.8. The Kier molecular flexibility index (Phi) is 6.08. The first-order valence-corrected chi connectivity index (χ1v) is 8.67. The van der Waals surface area contributed by atoms with Gasteiger partial charge in [0.25, 0.3) is 5.91 Å². The molecule has 2 aromatic heterocycles. The Morgan fingerprint density at radius 3 is 2.76 bits per heavy atom. The van der Waals surface area contributed by atoms with Crippen molar-refractivity contribution in [2.24, 2.45) is 0 Å². The molecule has 1 aliphatic rings. The second-order valence-electron chi connectivity index (χ2n) is 6.04. The molecule has 8 nitrogen and oxygen atoms in total. The van der Waals surface area contributed by atoms with Crippen molar-refractivity contribution in [2.75, 3.05) is 32.8 Å². The van der Waals surface area contributed by atoms with Crippen LogP contribution in [0.2, 0.25) is 0 Å². The zero-order valence-corrected chi connectivity index (χ0v) is 14.5. The van der Waals surface area contributed by atoms with E-state index in [1.807, 2.05) is 19.1 Å². The average Bonchev–Trinajstić information content (AvgIpc) is 3.15. The molecule has 0 saturated carbocycles. The summed E-state index contributed by atoms with van der Waals surface area (Å²) in [5, 5.41) is 11.1. The molecule has 1 amide bonds. The lowest BCUT2D eigenvalue weighted by Gasteiger charge is -2.26. The molecule has 2 aromatic rings. The van der Waals surface area contributed by atoms with E-state index < -0.39 is 0 Å². The van der Waals surface area contributed by atoms with Gasteiger partial charge in [0.05, 0.1) is 32.0 Å². The minimum Gasteiger partial charge on any atom is -0.379 e. The fourth-order valence-corrected chi connectivity index (χ4v) is 2.83. The van der Waals surface area contributed by atoms with Crippen molar-refractivity contribution < 1.29 is 9.53 Å². The van der Waals surface area contributed by atoms with Gasteiger partial charge < -0.3 is 10.1 Å². The van der Waals surface area contributed by atoms with Gasteiger partial charge in [0, 0.05) is 32.0 Å². The number of carbonyl (C=O) groups excluding carboxylic acids is 1. The summed E-state index contributed by atoms with van der Waals surface area (Å²) >= 11 is 0. The largest absolute Gasteiger partial charge is 0.379 e. The Balaban J connectivity index is 1.54. The van der Waals surface area contributed by atoms with E-state index in [4.69, 9.17) is 4.74 Å². The zero-order chi connectivity index (χ0) is 17.5. The highest BCUT2D eigenvalue weighted by Gasteiger charge is 2.17. The quantitative estimate of drug-likeness (QED) is 0.803. The lowest BCUT2D eigenvalue weighted by Crippen LogP contribution is -2.38. The molecule has 3 rings (SSSR count). The highest BCUT2D eigenvalue weighted by molar-refractivity contribution is 5.92. The molecule has 3 heterocycles. The lowest BCUT2D eigenvalue weighted by molar-refractivity contribution is 0.0359. The van der Waals surface area contributed by atoms with Gasteiger partial charge in [-0.15, -0.1) is 5.10 Å². The first kappa shape index (κ1) is 17.5. The summed E-state index contributed by atoms with van der Waals surface area (Å²) in [7, 11) is 0. The highest BCUT2D eigenvalue weighted by Crippen LogP contribution is 2.15. The molecule has 1 fully saturated rings. The molecule has 0 unspecified atom stereocenters. The van der Waals surface area contributed by atoms with Crippen LogP contribution in [0.5, 0.6) is 0 Å². The number of rotatable bonds is 7. The van der Waals surface area contributed by atoms with E-state index in [1.165, 1.54) is 0 Å². The number of nitrogens with zero attached hydrogens (tertiary/aromatic N) is 5. The lowest BCUT2D eigenvalue weighted by atomic mass is 10.1. The summed E-state index contributed by atoms with van der Waals surface area (Å²) in [6.07, 6.45) is 5.95. The van der Waals surface area contributed by atoms with E-state index >= 15 is 0 Å². The second-order valence-corrected chi connectivity index (χ2v) is 6.04. The van der Waals surface area contributed by atoms with Crippen LogP contribution in [0.4, 0.5) is 0 Å². The first-order chi connectivity index (χ1) is 12.3. The first-order valence-electron chi connectivity index (χ1n) is 8.67. The van der Waals surface area contributed by atoms with Crippen LogP contribution in [0.3, 0.4) is 0 Å². The molecule has 1 aliphatic heterocycles. The third kappa shape index (κ3) is 4.83. The number of hydrogen-bond donors (Lipinski definition) is 1. The molecule has 0 radical (unpaired) electrons. The standard InChI is InChI=1S/C17H24N6O2/c1-2-15(14-3-5-18-6-4-14)19-17(24)16-13-23(21-20-16)8-7-22-9-11-25-12-10-22/h3-6,13,15H,2,7-12H2,1H3,(H,19,24)/t15-/m1/s1. The van der Waals surface area contributed by atoms with Gasteiger partial charge in [-0.1, -0.05) is 12.1 Å². The van der Waals surface area contributed by atoms with Crippen molar-refractivity contribution in [3.8, 4) is 0 Å². The van der Waals surface area contributed by atoms with Crippen LogP contribution in [0.1, 0.15) is 35.4 Å². The monoisotopic (exact) mass is 344 g/mol. The fraction of sp³-hybridized carbons (Fsp3) is 0.529. The predicted octanol–water partition coefficient (Wildman–Crippen LogP) is 0.886. The van der Waals surface area contributed by atoms with Crippen molar-refractivity contribution in [3.05, 3.63) is 42.0 Å². The smallest absolute Gasteiger partial charge is 0.273 e. The Labute approximate surface area is 147 Å². The molecule has 1 atom stereocenters. The highest BCUT2D eigenvalue weighted by atomic mass is 16.5. The topological polar surface area (TPSA) is 85.2 Å². The van der Waals surface area contributed by atoms with Gasteiger partial charge in [0.15, 0.2) is 5.69 Å². The molecule has 0 aliphatic carbocycles. The molecule has 1 saturated heterocycles. The van der Waals surface area contributed by atoms with Crippen molar-refractivity contribution in [1.82, 2.24) is 30.2 Å². The van der Waals surface area contributed by atoms with E-state index in [9.17, 15) is 4.79 Å². The Morgan fingerprint density at radius 2 is 2.04 bits per heavy atom. The molecule has 0 bridgehead atoms. The van der Waals surface area contributed by atoms with Crippen molar-refractivity contribution in [1.29, 1.82) is 0 Å². The van der Waals surface area contributed by atoms with Gasteiger partial charge in [0.2, 0.25) is 0 Å². The molecule has 134 valence electrons. The van der Waals surface area contributed by atoms with E-state index in [0.717, 1.165) is 44.8 Å². The van der Waals surface area contributed by atoms with E-state index in [-0.39, 0.29) is 11.9 Å². The summed E-state index contributed by atoms with van der Waals surface area (Å²) in [6, 6.07) is 3.76. The Bertz CT molecular complexity index is 669. The van der Waals surface area contributed by atoms with Gasteiger partial charge in [-0.05, 0) is 24.1 Å². The number of ether oxygens (including phenoxy) is 1. The van der Waals surface area contributed by atoms with Crippen LogP contribution in [-0.2, 0) is 11.3 Å². The molecule has 25 heavy (non-hydrogen) atoms. The van der Waals surface area contributed by atoms with E-state index in [1.54, 1.807) is 23.3 Å². The van der Waals surface area contributed by atoms with Crippen molar-refractivity contribution >= 4 is 5.91 Å². The van der Waals surface area contributed by atoms with E-state index in [0.29, 0.717) is 12.2 Å². The van der Waals surface area contributed by atoms with Crippen LogP contribution < -0.4 is 5.32 Å². The van der Waals surface area contributed by atoms with Crippen molar-refractivity contribution in [2.45, 2.75) is 25.9 Å². The van der Waals surface area contributed by atoms with Gasteiger partial charge >= 0.3 is 0 Å². The van der Waals surface area contributed by atoms with Crippen molar-refractivity contribution in [3.63, 3.8) is 0 Å². The maximum Gasteiger partial charge on any atom is 0.273 e. The maximum atomic E-state index is 12.4. The van der Waals surface area contributed by atoms with E-state index in [2.05, 4.69) is 25.5 Å². The van der Waals surface area contributed by atoms with Crippen LogP contribution in [-0.4, -0.2) is 63.6 Å². The van der Waals surface area contributed by atoms with Crippen LogP contribution in [0.25, 0.3) is 0 Å². The number of aromatic nitrogens is 4. The fourth-order valence-electron chi connectivity index (χ4n) is 2.83. The minimum absolute atomic E-state index is 0.0611. The Morgan fingerprint density at radius 1 is 1.28 bits per heavy atom. The van der Waals surface area contributed by atoms with Gasteiger partial charge in [-0.3, -0.25) is 19.4 Å². The third-order valence-electron chi connectivity index (χ3n) is 4.34. The summed E-state index contributed by atoms with van der Waals surface area (Å²) in [5.41, 5.74) is 1.38. The van der Waals surface area contributed by atoms with Crippen LogP contribution in [0, 0.1) is 0 Å². The predicted molar refractivity (Wildman–Crippen MR) is 92.0 cm³/mol. The van der Waals surface area contributed by atoms with Gasteiger partial charge in [0.1, 0.15) is 0 Å². The number of carbonyl (C=O) groups is 1. The number of hydrogen-bond acceptors (Lipinski definition) is 6. The van der Waals surface area contributed by atoms with Gasteiger partial charge in [-0.25, -0.2) is 0 Å². The summed E-state index contributed by atoms with van der Waals surface area (Å²) in [6.45, 7) is 7.05. The maximum absolute atomic E-state index is 12.4.